The number of ether oxygens (including phenoxy) is 1. The third kappa shape index (κ3) is 2.26. The molecule has 1 N–H and O–H groups in total. The fourth-order valence-corrected chi connectivity index (χ4v) is 2.05. The summed E-state index contributed by atoms with van der Waals surface area (Å²) in [5.41, 5.74) is 0.585. The second-order valence-corrected chi connectivity index (χ2v) is 5.09. The van der Waals surface area contributed by atoms with E-state index in [1.165, 1.54) is 0 Å². The summed E-state index contributed by atoms with van der Waals surface area (Å²) >= 11 is 0. The first kappa shape index (κ1) is 13.3. The molecular formula is C15H16O4. The highest BCUT2D eigenvalue weighted by Crippen LogP contribution is 2.35. The Balaban J connectivity index is 2.32. The smallest absolute Gasteiger partial charge is 0.371 e. The van der Waals surface area contributed by atoms with Crippen LogP contribution in [-0.2, 0) is 19.9 Å². The predicted octanol–water partition coefficient (Wildman–Crippen LogP) is 2.59. The van der Waals surface area contributed by atoms with E-state index >= 15 is 0 Å². The molecule has 1 aromatic rings. The van der Waals surface area contributed by atoms with Crippen molar-refractivity contribution in [2.24, 2.45) is 0 Å². The van der Waals surface area contributed by atoms with Gasteiger partial charge in [0.15, 0.2) is 5.60 Å². The molecule has 0 saturated heterocycles. The van der Waals surface area contributed by atoms with Crippen LogP contribution >= 0.6 is 0 Å². The Labute approximate surface area is 111 Å². The molecule has 0 radical (unpaired) electrons. The van der Waals surface area contributed by atoms with Crippen molar-refractivity contribution in [3.8, 4) is 0 Å². The van der Waals surface area contributed by atoms with Crippen molar-refractivity contribution >= 4 is 11.8 Å². The average molecular weight is 260 g/mol. The number of benzene rings is 1. The number of carboxylic acid groups (broad SMARTS) is 1. The minimum atomic E-state index is -1.23. The summed E-state index contributed by atoms with van der Waals surface area (Å²) in [6, 6.07) is 7.49. The lowest BCUT2D eigenvalue weighted by molar-refractivity contribution is -0.141. The van der Waals surface area contributed by atoms with Crippen LogP contribution in [0.2, 0.25) is 0 Å². The molecule has 0 spiro atoms. The van der Waals surface area contributed by atoms with Gasteiger partial charge in [0.2, 0.25) is 11.5 Å². The Kier molecular flexibility index (Phi) is 3.18. The van der Waals surface area contributed by atoms with Crippen LogP contribution < -0.4 is 0 Å². The summed E-state index contributed by atoms with van der Waals surface area (Å²) in [6.07, 6.45) is 1.04. The fourth-order valence-electron chi connectivity index (χ4n) is 2.05. The lowest BCUT2D eigenvalue weighted by atomic mass is 9.90. The summed E-state index contributed by atoms with van der Waals surface area (Å²) in [7, 11) is 0. The molecule has 0 amide bonds. The molecule has 1 aromatic carbocycles. The first-order valence-electron chi connectivity index (χ1n) is 6.13. The zero-order chi connectivity index (χ0) is 14.2. The van der Waals surface area contributed by atoms with Gasteiger partial charge in [-0.2, -0.15) is 0 Å². The topological polar surface area (TPSA) is 63.6 Å². The van der Waals surface area contributed by atoms with E-state index in [1.54, 1.807) is 6.92 Å². The van der Waals surface area contributed by atoms with E-state index in [-0.39, 0.29) is 11.5 Å². The van der Waals surface area contributed by atoms with Gasteiger partial charge in [0.25, 0.3) is 0 Å². The summed E-state index contributed by atoms with van der Waals surface area (Å²) < 4.78 is 5.32. The molecule has 1 aliphatic rings. The second kappa shape index (κ2) is 4.53. The van der Waals surface area contributed by atoms with Crippen molar-refractivity contribution in [2.45, 2.75) is 32.3 Å². The van der Waals surface area contributed by atoms with Crippen molar-refractivity contribution in [3.63, 3.8) is 0 Å². The third-order valence-corrected chi connectivity index (χ3v) is 3.39. The van der Waals surface area contributed by atoms with Crippen molar-refractivity contribution < 1.29 is 19.4 Å². The molecule has 0 aliphatic carbocycles. The Bertz CT molecular complexity index is 554. The number of hydrogen-bond acceptors (Lipinski definition) is 3. The zero-order valence-electron chi connectivity index (χ0n) is 11.1. The van der Waals surface area contributed by atoms with Gasteiger partial charge in [-0.15, -0.1) is 0 Å². The van der Waals surface area contributed by atoms with Gasteiger partial charge in [-0.1, -0.05) is 38.1 Å². The summed E-state index contributed by atoms with van der Waals surface area (Å²) in [4.78, 5) is 22.8. The molecule has 2 rings (SSSR count). The summed E-state index contributed by atoms with van der Waals surface area (Å²) in [5.74, 6) is -1.48. The van der Waals surface area contributed by atoms with Gasteiger partial charge in [-0.05, 0) is 18.4 Å². The average Bonchev–Trinajstić information content (AvgIpc) is 2.67. The Morgan fingerprint density at radius 3 is 2.26 bits per heavy atom. The standard InChI is InChI=1S/C15H16O4/c1-9(2)10-4-6-11(7-5-10)15(3)13(16)8-12(19-15)14(17)18/h4-9H,1-3H3,(H,17,18). The quantitative estimate of drug-likeness (QED) is 0.907. The van der Waals surface area contributed by atoms with Gasteiger partial charge in [0.1, 0.15) is 0 Å². The highest BCUT2D eigenvalue weighted by molar-refractivity contribution is 6.05. The molecule has 1 heterocycles. The van der Waals surface area contributed by atoms with E-state index in [2.05, 4.69) is 13.8 Å². The highest BCUT2D eigenvalue weighted by atomic mass is 16.5. The van der Waals surface area contributed by atoms with Crippen LogP contribution in [0.4, 0.5) is 0 Å². The number of ketones is 1. The molecule has 1 aliphatic heterocycles. The number of hydrogen-bond donors (Lipinski definition) is 1. The van der Waals surface area contributed by atoms with Gasteiger partial charge < -0.3 is 9.84 Å². The van der Waals surface area contributed by atoms with Gasteiger partial charge in [-0.3, -0.25) is 4.79 Å². The molecular weight excluding hydrogens is 244 g/mol. The van der Waals surface area contributed by atoms with Crippen LogP contribution in [0.1, 0.15) is 37.8 Å². The van der Waals surface area contributed by atoms with Gasteiger partial charge >= 0.3 is 5.97 Å². The lowest BCUT2D eigenvalue weighted by Crippen LogP contribution is -2.30. The predicted molar refractivity (Wildman–Crippen MR) is 69.7 cm³/mol. The largest absolute Gasteiger partial charge is 0.475 e. The molecule has 1 unspecified atom stereocenters. The number of aliphatic carboxylic acids is 1. The number of rotatable bonds is 3. The van der Waals surface area contributed by atoms with Crippen LogP contribution in [0.15, 0.2) is 36.1 Å². The van der Waals surface area contributed by atoms with Crippen LogP contribution in [0.25, 0.3) is 0 Å². The maximum absolute atomic E-state index is 12.0. The van der Waals surface area contributed by atoms with Crippen LogP contribution in [0, 0.1) is 0 Å². The zero-order valence-corrected chi connectivity index (χ0v) is 11.1. The normalized spacial score (nSPS) is 22.3. The van der Waals surface area contributed by atoms with Crippen LogP contribution in [0.5, 0.6) is 0 Å². The van der Waals surface area contributed by atoms with E-state index in [1.807, 2.05) is 24.3 Å². The van der Waals surface area contributed by atoms with E-state index in [9.17, 15) is 9.59 Å². The minimum Gasteiger partial charge on any atom is -0.475 e. The fraction of sp³-hybridized carbons (Fsp3) is 0.333. The van der Waals surface area contributed by atoms with Crippen LogP contribution in [0.3, 0.4) is 0 Å². The third-order valence-electron chi connectivity index (χ3n) is 3.39. The highest BCUT2D eigenvalue weighted by Gasteiger charge is 2.43. The Hall–Kier alpha value is -2.10. The van der Waals surface area contributed by atoms with E-state index in [0.29, 0.717) is 11.5 Å². The Morgan fingerprint density at radius 1 is 1.26 bits per heavy atom. The molecule has 1 atom stereocenters. The van der Waals surface area contributed by atoms with Gasteiger partial charge in [0, 0.05) is 11.6 Å². The SMILES string of the molecule is CC(C)c1ccc(C2(C)OC(C(=O)O)=CC2=O)cc1. The van der Waals surface area contributed by atoms with E-state index < -0.39 is 11.6 Å². The number of carbonyl (C=O) groups excluding carboxylic acids is 1. The maximum atomic E-state index is 12.0. The summed E-state index contributed by atoms with van der Waals surface area (Å²) in [6.45, 7) is 5.75. The van der Waals surface area contributed by atoms with Gasteiger partial charge in [-0.25, -0.2) is 4.79 Å². The molecule has 0 fully saturated rings. The number of carboxylic acids is 1. The van der Waals surface area contributed by atoms with Crippen molar-refractivity contribution in [1.82, 2.24) is 0 Å². The van der Waals surface area contributed by atoms with E-state index in [0.717, 1.165) is 11.6 Å². The van der Waals surface area contributed by atoms with Crippen LogP contribution in [-0.4, -0.2) is 16.9 Å². The molecule has 19 heavy (non-hydrogen) atoms. The first-order chi connectivity index (χ1) is 8.84. The Morgan fingerprint density at radius 2 is 1.84 bits per heavy atom. The molecule has 100 valence electrons. The molecule has 4 nitrogen and oxygen atoms in total. The molecule has 0 saturated carbocycles. The van der Waals surface area contributed by atoms with Gasteiger partial charge in [0.05, 0.1) is 0 Å². The first-order valence-corrected chi connectivity index (χ1v) is 6.13. The van der Waals surface area contributed by atoms with Crippen molar-refractivity contribution in [3.05, 3.63) is 47.2 Å². The monoisotopic (exact) mass is 260 g/mol. The maximum Gasteiger partial charge on any atom is 0.371 e. The number of carbonyl (C=O) groups is 2. The second-order valence-electron chi connectivity index (χ2n) is 5.09. The van der Waals surface area contributed by atoms with Crippen molar-refractivity contribution in [1.29, 1.82) is 0 Å². The summed E-state index contributed by atoms with van der Waals surface area (Å²) in [5, 5.41) is 8.88. The minimum absolute atomic E-state index is 0.305. The molecule has 0 bridgehead atoms. The molecule has 0 aromatic heterocycles. The lowest BCUT2D eigenvalue weighted by Gasteiger charge is -2.24. The molecule has 4 heteroatoms. The van der Waals surface area contributed by atoms with E-state index in [4.69, 9.17) is 9.84 Å². The van der Waals surface area contributed by atoms with Crippen molar-refractivity contribution in [2.75, 3.05) is 0 Å².